The molecule has 0 atom stereocenters. The van der Waals surface area contributed by atoms with Crippen LogP contribution in [-0.2, 0) is 34.3 Å². The fourth-order valence-electron chi connectivity index (χ4n) is 3.88. The summed E-state index contributed by atoms with van der Waals surface area (Å²) in [5, 5.41) is 4.93. The van der Waals surface area contributed by atoms with Gasteiger partial charge in [0.15, 0.2) is 11.5 Å². The highest BCUT2D eigenvalue weighted by molar-refractivity contribution is 7.89. The number of nitrogens with one attached hydrogen (secondary N) is 1. The molecule has 0 radical (unpaired) electrons. The lowest BCUT2D eigenvalue weighted by atomic mass is 10.1. The number of hydrogen-bond donors (Lipinski definition) is 1. The fourth-order valence-corrected chi connectivity index (χ4v) is 5.53. The van der Waals surface area contributed by atoms with Crippen LogP contribution in [0.5, 0.6) is 11.5 Å². The number of nitrogens with zero attached hydrogens (tertiary/aromatic N) is 2. The average molecular weight is 617 g/mol. The second-order valence-corrected chi connectivity index (χ2v) is 11.6. The summed E-state index contributed by atoms with van der Waals surface area (Å²) in [6.07, 6.45) is 1.41. The van der Waals surface area contributed by atoms with Crippen LogP contribution in [0.1, 0.15) is 22.6 Å². The smallest absolute Gasteiger partial charge is 0.244 e. The third kappa shape index (κ3) is 8.11. The number of furan rings is 1. The Labute approximate surface area is 248 Å². The SMILES string of the molecule is COc1ccc(CC(=O)N/N=C\c2ccc(CN(Cc3ccc(Cl)cc3)S(=O)(=O)c3ccc(Cl)cc3)o2)cc1OC. The number of rotatable bonds is 12. The van der Waals surface area contributed by atoms with Gasteiger partial charge < -0.3 is 13.9 Å². The molecule has 3 aromatic carbocycles. The molecule has 1 heterocycles. The van der Waals surface area contributed by atoms with Gasteiger partial charge in [-0.1, -0.05) is 41.4 Å². The van der Waals surface area contributed by atoms with Gasteiger partial charge in [-0.2, -0.15) is 9.41 Å². The molecule has 0 fully saturated rings. The van der Waals surface area contributed by atoms with Gasteiger partial charge >= 0.3 is 0 Å². The van der Waals surface area contributed by atoms with Gasteiger partial charge in [0.1, 0.15) is 11.5 Å². The Balaban J connectivity index is 1.44. The van der Waals surface area contributed by atoms with Crippen LogP contribution in [0.2, 0.25) is 10.0 Å². The first-order valence-electron chi connectivity index (χ1n) is 12.3. The molecule has 1 N–H and O–H groups in total. The van der Waals surface area contributed by atoms with E-state index in [1.807, 2.05) is 0 Å². The number of carbonyl (C=O) groups is 1. The number of hydrogen-bond acceptors (Lipinski definition) is 7. The molecular formula is C29H27Cl2N3O6S. The molecule has 1 aromatic heterocycles. The summed E-state index contributed by atoms with van der Waals surface area (Å²) in [5.41, 5.74) is 3.92. The van der Waals surface area contributed by atoms with Crippen LogP contribution in [0.25, 0.3) is 0 Å². The Morgan fingerprint density at radius 3 is 2.17 bits per heavy atom. The van der Waals surface area contributed by atoms with Crippen molar-refractivity contribution in [1.82, 2.24) is 9.73 Å². The highest BCUT2D eigenvalue weighted by atomic mass is 35.5. The summed E-state index contributed by atoms with van der Waals surface area (Å²) >= 11 is 12.0. The van der Waals surface area contributed by atoms with Crippen LogP contribution < -0.4 is 14.9 Å². The van der Waals surface area contributed by atoms with Gasteiger partial charge in [-0.3, -0.25) is 4.79 Å². The quantitative estimate of drug-likeness (QED) is 0.162. The van der Waals surface area contributed by atoms with E-state index in [1.165, 1.54) is 49.0 Å². The minimum absolute atomic E-state index is 0.0485. The van der Waals surface area contributed by atoms with Gasteiger partial charge in [0.2, 0.25) is 15.9 Å². The number of carbonyl (C=O) groups excluding carboxylic acids is 1. The molecule has 4 aromatic rings. The minimum atomic E-state index is -3.91. The molecule has 0 aliphatic carbocycles. The molecular weight excluding hydrogens is 589 g/mol. The van der Waals surface area contributed by atoms with Gasteiger partial charge in [0.25, 0.3) is 0 Å². The number of methoxy groups -OCH3 is 2. The molecule has 214 valence electrons. The first kappa shape index (κ1) is 30.1. The predicted molar refractivity (Wildman–Crippen MR) is 157 cm³/mol. The zero-order chi connectivity index (χ0) is 29.4. The summed E-state index contributed by atoms with van der Waals surface area (Å²) in [5.74, 6) is 1.46. The molecule has 0 aliphatic heterocycles. The number of halogens is 2. The van der Waals surface area contributed by atoms with Crippen LogP contribution in [0, 0.1) is 0 Å². The van der Waals surface area contributed by atoms with E-state index in [1.54, 1.807) is 54.6 Å². The lowest BCUT2D eigenvalue weighted by Gasteiger charge is -2.21. The van der Waals surface area contributed by atoms with E-state index in [0.29, 0.717) is 33.1 Å². The Bertz CT molecular complexity index is 1620. The van der Waals surface area contributed by atoms with Crippen molar-refractivity contribution in [2.75, 3.05) is 14.2 Å². The Kier molecular flexibility index (Phi) is 10.1. The summed E-state index contributed by atoms with van der Waals surface area (Å²) < 4.78 is 44.6. The van der Waals surface area contributed by atoms with Gasteiger partial charge in [-0.05, 0) is 71.8 Å². The third-order valence-electron chi connectivity index (χ3n) is 5.93. The molecule has 1 amide bonds. The van der Waals surface area contributed by atoms with Gasteiger partial charge in [0.05, 0.1) is 38.3 Å². The van der Waals surface area contributed by atoms with Crippen LogP contribution in [0.15, 0.2) is 93.3 Å². The van der Waals surface area contributed by atoms with E-state index < -0.39 is 10.0 Å². The Morgan fingerprint density at radius 1 is 0.878 bits per heavy atom. The van der Waals surface area contributed by atoms with E-state index >= 15 is 0 Å². The topological polar surface area (TPSA) is 110 Å². The van der Waals surface area contributed by atoms with Crippen molar-refractivity contribution in [3.8, 4) is 11.5 Å². The van der Waals surface area contributed by atoms with Crippen LogP contribution in [0.4, 0.5) is 0 Å². The second-order valence-electron chi connectivity index (χ2n) is 8.82. The molecule has 0 spiro atoms. The minimum Gasteiger partial charge on any atom is -0.493 e. The van der Waals surface area contributed by atoms with E-state index in [2.05, 4.69) is 10.5 Å². The van der Waals surface area contributed by atoms with E-state index in [9.17, 15) is 13.2 Å². The average Bonchev–Trinajstić information content (AvgIpc) is 3.41. The highest BCUT2D eigenvalue weighted by Gasteiger charge is 2.26. The van der Waals surface area contributed by atoms with Crippen molar-refractivity contribution < 1.29 is 27.1 Å². The van der Waals surface area contributed by atoms with Crippen molar-refractivity contribution in [2.24, 2.45) is 5.10 Å². The first-order valence-corrected chi connectivity index (χ1v) is 14.5. The molecule has 0 saturated carbocycles. The van der Waals surface area contributed by atoms with E-state index in [0.717, 1.165) is 11.1 Å². The zero-order valence-corrected chi connectivity index (χ0v) is 24.5. The van der Waals surface area contributed by atoms with Crippen molar-refractivity contribution in [1.29, 1.82) is 0 Å². The monoisotopic (exact) mass is 615 g/mol. The lowest BCUT2D eigenvalue weighted by molar-refractivity contribution is -0.120. The molecule has 0 saturated heterocycles. The maximum atomic E-state index is 13.5. The molecule has 0 bridgehead atoms. The first-order chi connectivity index (χ1) is 19.7. The Hall–Kier alpha value is -3.83. The van der Waals surface area contributed by atoms with Crippen LogP contribution in [-0.4, -0.2) is 39.1 Å². The third-order valence-corrected chi connectivity index (χ3v) is 8.24. The van der Waals surface area contributed by atoms with E-state index in [-0.39, 0.29) is 30.3 Å². The molecule has 0 unspecified atom stereocenters. The number of benzene rings is 3. The fraction of sp³-hybridized carbons (Fsp3) is 0.172. The normalized spacial score (nSPS) is 11.6. The Morgan fingerprint density at radius 2 is 1.51 bits per heavy atom. The van der Waals surface area contributed by atoms with Gasteiger partial charge in [0, 0.05) is 16.6 Å². The molecule has 41 heavy (non-hydrogen) atoms. The number of sulfonamides is 1. The number of ether oxygens (including phenoxy) is 2. The molecule has 4 rings (SSSR count). The van der Waals surface area contributed by atoms with Crippen molar-refractivity contribution in [3.63, 3.8) is 0 Å². The highest BCUT2D eigenvalue weighted by Crippen LogP contribution is 2.28. The number of amides is 1. The lowest BCUT2D eigenvalue weighted by Crippen LogP contribution is -2.30. The van der Waals surface area contributed by atoms with Crippen molar-refractivity contribution in [3.05, 3.63) is 112 Å². The standard InChI is InChI=1S/C29H27Cl2N3O6S/c1-38-27-14-5-21(15-28(27)39-2)16-29(35)33-32-17-24-10-11-25(40-24)19-34(18-20-3-6-22(30)7-4-20)41(36,37)26-12-8-23(31)9-13-26/h3-15,17H,16,18-19H2,1-2H3,(H,33,35)/b32-17-. The summed E-state index contributed by atoms with van der Waals surface area (Å²) in [6.45, 7) is 0.0333. The largest absolute Gasteiger partial charge is 0.493 e. The maximum absolute atomic E-state index is 13.5. The van der Waals surface area contributed by atoms with E-state index in [4.69, 9.17) is 37.1 Å². The molecule has 9 nitrogen and oxygen atoms in total. The van der Waals surface area contributed by atoms with Gasteiger partial charge in [-0.15, -0.1) is 0 Å². The summed E-state index contributed by atoms with van der Waals surface area (Å²) in [7, 11) is -0.850. The predicted octanol–water partition coefficient (Wildman–Crippen LogP) is 5.69. The molecule has 0 aliphatic rings. The van der Waals surface area contributed by atoms with Crippen LogP contribution in [0.3, 0.4) is 0 Å². The number of hydrazone groups is 1. The molecule has 12 heteroatoms. The maximum Gasteiger partial charge on any atom is 0.244 e. The summed E-state index contributed by atoms with van der Waals surface area (Å²) in [4.78, 5) is 12.4. The van der Waals surface area contributed by atoms with Crippen molar-refractivity contribution >= 4 is 45.3 Å². The van der Waals surface area contributed by atoms with Crippen molar-refractivity contribution in [2.45, 2.75) is 24.4 Å². The van der Waals surface area contributed by atoms with Crippen LogP contribution >= 0.6 is 23.2 Å². The zero-order valence-electron chi connectivity index (χ0n) is 22.2. The van der Waals surface area contributed by atoms with Gasteiger partial charge in [-0.25, -0.2) is 13.8 Å². The second kappa shape index (κ2) is 13.7. The summed E-state index contributed by atoms with van der Waals surface area (Å²) in [6, 6.07) is 21.4.